The summed E-state index contributed by atoms with van der Waals surface area (Å²) in [4.78, 5) is 14.8. The molecule has 0 radical (unpaired) electrons. The molecule has 1 aliphatic rings. The summed E-state index contributed by atoms with van der Waals surface area (Å²) < 4.78 is 15.8. The summed E-state index contributed by atoms with van der Waals surface area (Å²) in [5.74, 6) is 0.789. The quantitative estimate of drug-likeness (QED) is 0.866. The molecular weight excluding hydrogens is 356 g/mol. The molecule has 1 saturated heterocycles. The van der Waals surface area contributed by atoms with Gasteiger partial charge in [0.1, 0.15) is 0 Å². The molecule has 2 aromatic rings. The number of rotatable bonds is 5. The molecule has 1 aliphatic heterocycles. The first-order valence-electron chi connectivity index (χ1n) is 8.28. The number of carbonyl (C=O) groups is 1. The summed E-state index contributed by atoms with van der Waals surface area (Å²) in [6.45, 7) is 3.00. The van der Waals surface area contributed by atoms with Gasteiger partial charge in [-0.05, 0) is 36.4 Å². The van der Waals surface area contributed by atoms with Crippen LogP contribution in [0.1, 0.15) is 10.4 Å². The second kappa shape index (κ2) is 8.29. The van der Waals surface area contributed by atoms with Gasteiger partial charge in [0.2, 0.25) is 0 Å². The van der Waals surface area contributed by atoms with Crippen molar-refractivity contribution >= 4 is 28.9 Å². The molecule has 7 heteroatoms. The molecule has 0 spiro atoms. The smallest absolute Gasteiger partial charge is 0.255 e. The van der Waals surface area contributed by atoms with E-state index in [-0.39, 0.29) is 5.91 Å². The van der Waals surface area contributed by atoms with E-state index in [4.69, 9.17) is 25.8 Å². The van der Waals surface area contributed by atoms with Crippen molar-refractivity contribution in [2.45, 2.75) is 0 Å². The van der Waals surface area contributed by atoms with Gasteiger partial charge in [-0.2, -0.15) is 0 Å². The predicted octanol–water partition coefficient (Wildman–Crippen LogP) is 3.45. The van der Waals surface area contributed by atoms with Gasteiger partial charge in [-0.3, -0.25) is 4.79 Å². The minimum atomic E-state index is -0.271. The van der Waals surface area contributed by atoms with Crippen molar-refractivity contribution in [3.8, 4) is 11.5 Å². The van der Waals surface area contributed by atoms with Crippen LogP contribution in [0.15, 0.2) is 36.4 Å². The molecule has 0 atom stereocenters. The first-order chi connectivity index (χ1) is 12.6. The standard InChI is InChI=1S/C19H21ClN2O4/c1-24-17-6-3-13(11-18(17)25-2)19(23)21-16-12-14(4-5-15(16)20)22-7-9-26-10-8-22/h3-6,11-12H,7-10H2,1-2H3,(H,21,23). The molecule has 26 heavy (non-hydrogen) atoms. The summed E-state index contributed by atoms with van der Waals surface area (Å²) in [5, 5.41) is 3.35. The molecule has 1 amide bonds. The van der Waals surface area contributed by atoms with Crippen molar-refractivity contribution in [3.63, 3.8) is 0 Å². The fourth-order valence-electron chi connectivity index (χ4n) is 2.80. The van der Waals surface area contributed by atoms with Crippen molar-refractivity contribution < 1.29 is 19.0 Å². The van der Waals surface area contributed by atoms with Gasteiger partial charge in [-0.15, -0.1) is 0 Å². The lowest BCUT2D eigenvalue weighted by Gasteiger charge is -2.29. The molecule has 1 heterocycles. The average Bonchev–Trinajstić information content (AvgIpc) is 2.69. The number of nitrogens with zero attached hydrogens (tertiary/aromatic N) is 1. The van der Waals surface area contributed by atoms with Gasteiger partial charge >= 0.3 is 0 Å². The number of halogens is 1. The van der Waals surface area contributed by atoms with E-state index in [0.29, 0.717) is 41.0 Å². The van der Waals surface area contributed by atoms with E-state index in [9.17, 15) is 4.79 Å². The van der Waals surface area contributed by atoms with E-state index >= 15 is 0 Å². The zero-order chi connectivity index (χ0) is 18.5. The van der Waals surface area contributed by atoms with Gasteiger partial charge in [-0.1, -0.05) is 11.6 Å². The summed E-state index contributed by atoms with van der Waals surface area (Å²) >= 11 is 6.27. The molecule has 0 unspecified atom stereocenters. The Morgan fingerprint density at radius 3 is 2.50 bits per heavy atom. The third-order valence-electron chi connectivity index (χ3n) is 4.22. The molecule has 2 aromatic carbocycles. The Kier molecular flexibility index (Phi) is 5.85. The molecule has 6 nitrogen and oxygen atoms in total. The highest BCUT2D eigenvalue weighted by atomic mass is 35.5. The number of nitrogens with one attached hydrogen (secondary N) is 1. The lowest BCUT2D eigenvalue weighted by Crippen LogP contribution is -2.36. The Bertz CT molecular complexity index is 791. The van der Waals surface area contributed by atoms with E-state index in [0.717, 1.165) is 18.8 Å². The zero-order valence-electron chi connectivity index (χ0n) is 14.8. The summed E-state index contributed by atoms with van der Waals surface area (Å²) in [7, 11) is 3.08. The molecule has 0 saturated carbocycles. The maximum atomic E-state index is 12.6. The van der Waals surface area contributed by atoms with E-state index in [2.05, 4.69) is 10.2 Å². The number of hydrogen-bond donors (Lipinski definition) is 1. The molecule has 3 rings (SSSR count). The summed E-state index contributed by atoms with van der Waals surface area (Å²) in [5.41, 5.74) is 2.02. The number of morpholine rings is 1. The lowest BCUT2D eigenvalue weighted by atomic mass is 10.1. The number of methoxy groups -OCH3 is 2. The third-order valence-corrected chi connectivity index (χ3v) is 4.55. The largest absolute Gasteiger partial charge is 0.493 e. The Morgan fingerprint density at radius 1 is 1.08 bits per heavy atom. The van der Waals surface area contributed by atoms with Crippen LogP contribution < -0.4 is 19.7 Å². The van der Waals surface area contributed by atoms with Gasteiger partial charge in [-0.25, -0.2) is 0 Å². The Hall–Kier alpha value is -2.44. The van der Waals surface area contributed by atoms with Crippen LogP contribution in [0.25, 0.3) is 0 Å². The topological polar surface area (TPSA) is 60.0 Å². The molecular formula is C19H21ClN2O4. The highest BCUT2D eigenvalue weighted by molar-refractivity contribution is 6.34. The highest BCUT2D eigenvalue weighted by Gasteiger charge is 2.15. The van der Waals surface area contributed by atoms with Crippen LogP contribution in [-0.2, 0) is 4.74 Å². The van der Waals surface area contributed by atoms with E-state index in [1.54, 1.807) is 31.4 Å². The third kappa shape index (κ3) is 4.03. The molecule has 0 aromatic heterocycles. The van der Waals surface area contributed by atoms with Crippen LogP contribution in [0, 0.1) is 0 Å². The highest BCUT2D eigenvalue weighted by Crippen LogP contribution is 2.30. The van der Waals surface area contributed by atoms with E-state index in [1.807, 2.05) is 12.1 Å². The fraction of sp³-hybridized carbons (Fsp3) is 0.316. The SMILES string of the molecule is COc1ccc(C(=O)Nc2cc(N3CCOCC3)ccc2Cl)cc1OC. The monoisotopic (exact) mass is 376 g/mol. The second-order valence-electron chi connectivity index (χ2n) is 5.79. The fourth-order valence-corrected chi connectivity index (χ4v) is 2.96. The van der Waals surface area contributed by atoms with E-state index < -0.39 is 0 Å². The predicted molar refractivity (Wildman–Crippen MR) is 102 cm³/mol. The van der Waals surface area contributed by atoms with Gasteiger partial charge < -0.3 is 24.4 Å². The molecule has 1 N–H and O–H groups in total. The second-order valence-corrected chi connectivity index (χ2v) is 6.19. The first kappa shape index (κ1) is 18.4. The minimum absolute atomic E-state index is 0.271. The van der Waals surface area contributed by atoms with Crippen LogP contribution in [0.5, 0.6) is 11.5 Å². The molecule has 0 aliphatic carbocycles. The van der Waals surface area contributed by atoms with Gasteiger partial charge in [0, 0.05) is 24.3 Å². The van der Waals surface area contributed by atoms with Crippen LogP contribution in [0.4, 0.5) is 11.4 Å². The normalized spacial score (nSPS) is 14.0. The van der Waals surface area contributed by atoms with Crippen molar-refractivity contribution in [2.75, 3.05) is 50.7 Å². The van der Waals surface area contributed by atoms with Crippen LogP contribution in [0.2, 0.25) is 5.02 Å². The zero-order valence-corrected chi connectivity index (χ0v) is 15.5. The van der Waals surface area contributed by atoms with Gasteiger partial charge in [0.05, 0.1) is 38.1 Å². The van der Waals surface area contributed by atoms with Crippen LogP contribution >= 0.6 is 11.6 Å². The minimum Gasteiger partial charge on any atom is -0.493 e. The van der Waals surface area contributed by atoms with Crippen molar-refractivity contribution in [3.05, 3.63) is 47.0 Å². The van der Waals surface area contributed by atoms with Crippen molar-refractivity contribution in [1.29, 1.82) is 0 Å². The molecule has 138 valence electrons. The maximum absolute atomic E-state index is 12.6. The van der Waals surface area contributed by atoms with Gasteiger partial charge in [0.15, 0.2) is 11.5 Å². The van der Waals surface area contributed by atoms with E-state index in [1.165, 1.54) is 7.11 Å². The van der Waals surface area contributed by atoms with Crippen LogP contribution in [0.3, 0.4) is 0 Å². The number of carbonyl (C=O) groups excluding carboxylic acids is 1. The number of ether oxygens (including phenoxy) is 3. The van der Waals surface area contributed by atoms with Crippen molar-refractivity contribution in [1.82, 2.24) is 0 Å². The molecule has 1 fully saturated rings. The number of anilines is 2. The summed E-state index contributed by atoms with van der Waals surface area (Å²) in [6.07, 6.45) is 0. The Balaban J connectivity index is 1.80. The Labute approximate surface area is 157 Å². The number of amides is 1. The Morgan fingerprint density at radius 2 is 1.81 bits per heavy atom. The summed E-state index contributed by atoms with van der Waals surface area (Å²) in [6, 6.07) is 10.6. The van der Waals surface area contributed by atoms with Crippen molar-refractivity contribution in [2.24, 2.45) is 0 Å². The van der Waals surface area contributed by atoms with Gasteiger partial charge in [0.25, 0.3) is 5.91 Å². The number of benzene rings is 2. The maximum Gasteiger partial charge on any atom is 0.255 e. The van der Waals surface area contributed by atoms with Crippen LogP contribution in [-0.4, -0.2) is 46.4 Å². The lowest BCUT2D eigenvalue weighted by molar-refractivity contribution is 0.102. The number of hydrogen-bond acceptors (Lipinski definition) is 5. The average molecular weight is 377 g/mol. The first-order valence-corrected chi connectivity index (χ1v) is 8.66. The molecule has 0 bridgehead atoms.